The molecule has 0 aliphatic rings. The Morgan fingerprint density at radius 3 is 1.76 bits per heavy atom. The molecule has 0 rings (SSSR count). The standard InChI is InChI=1S/C27H51N3O8/c1-12-16(4)21(23(34)28-18(13-15(2)3)19(31)14-20(32)33)29-24(35)22(17(5)37-26(6,7)8)30-25(36)38-27(9,10)11/h15-19,21-22,31H,12-14H2,1-11H3,(H,28,34)(H,29,35)(H,30,36)(H,32,33)/t16-,17+,18-,19-,21-,22-/m0/s1. The molecule has 0 fully saturated rings. The van der Waals surface area contributed by atoms with Crippen molar-refractivity contribution in [3.8, 4) is 0 Å². The quantitative estimate of drug-likeness (QED) is 0.222. The van der Waals surface area contributed by atoms with Gasteiger partial charge in [-0.15, -0.1) is 0 Å². The van der Waals surface area contributed by atoms with Crippen molar-refractivity contribution in [2.45, 2.75) is 137 Å². The van der Waals surface area contributed by atoms with E-state index in [0.717, 1.165) is 0 Å². The van der Waals surface area contributed by atoms with E-state index in [0.29, 0.717) is 12.8 Å². The molecule has 0 aromatic carbocycles. The number of aliphatic hydroxyl groups excluding tert-OH is 1. The first-order valence-corrected chi connectivity index (χ1v) is 13.3. The van der Waals surface area contributed by atoms with Crippen LogP contribution in [0.25, 0.3) is 0 Å². The number of carbonyl (C=O) groups is 4. The van der Waals surface area contributed by atoms with E-state index in [4.69, 9.17) is 14.6 Å². The van der Waals surface area contributed by atoms with Crippen LogP contribution >= 0.6 is 0 Å². The zero-order valence-corrected chi connectivity index (χ0v) is 25.0. The van der Waals surface area contributed by atoms with Gasteiger partial charge in [0.05, 0.1) is 30.3 Å². The fraction of sp³-hybridized carbons (Fsp3) is 0.852. The third-order valence-corrected chi connectivity index (χ3v) is 5.66. The third kappa shape index (κ3) is 14.5. The number of ether oxygens (including phenoxy) is 2. The van der Waals surface area contributed by atoms with E-state index in [1.54, 1.807) is 34.6 Å². The zero-order valence-electron chi connectivity index (χ0n) is 25.0. The number of rotatable bonds is 14. The number of carbonyl (C=O) groups excluding carboxylic acids is 3. The van der Waals surface area contributed by atoms with Gasteiger partial charge in [0.2, 0.25) is 11.8 Å². The van der Waals surface area contributed by atoms with Gasteiger partial charge in [0.25, 0.3) is 0 Å². The molecule has 6 atom stereocenters. The lowest BCUT2D eigenvalue weighted by molar-refractivity contribution is -0.140. The maximum absolute atomic E-state index is 13.5. The summed E-state index contributed by atoms with van der Waals surface area (Å²) >= 11 is 0. The van der Waals surface area contributed by atoms with Crippen LogP contribution in [0.15, 0.2) is 0 Å². The van der Waals surface area contributed by atoms with Crippen molar-refractivity contribution in [2.75, 3.05) is 0 Å². The van der Waals surface area contributed by atoms with Gasteiger partial charge in [-0.25, -0.2) is 4.79 Å². The first-order valence-electron chi connectivity index (χ1n) is 13.3. The van der Waals surface area contributed by atoms with Crippen molar-refractivity contribution in [1.29, 1.82) is 0 Å². The summed E-state index contributed by atoms with van der Waals surface area (Å²) in [5.41, 5.74) is -1.41. The summed E-state index contributed by atoms with van der Waals surface area (Å²) in [5.74, 6) is -2.62. The minimum atomic E-state index is -1.30. The van der Waals surface area contributed by atoms with Crippen LogP contribution in [-0.4, -0.2) is 75.6 Å². The third-order valence-electron chi connectivity index (χ3n) is 5.66. The Bertz CT molecular complexity index is 788. The lowest BCUT2D eigenvalue weighted by Gasteiger charge is -2.33. The van der Waals surface area contributed by atoms with Crippen molar-refractivity contribution < 1.29 is 38.9 Å². The first-order chi connectivity index (χ1) is 17.2. The molecule has 38 heavy (non-hydrogen) atoms. The van der Waals surface area contributed by atoms with Gasteiger partial charge in [0.1, 0.15) is 17.7 Å². The molecule has 5 N–H and O–H groups in total. The average Bonchev–Trinajstić information content (AvgIpc) is 2.71. The van der Waals surface area contributed by atoms with Crippen molar-refractivity contribution in [3.63, 3.8) is 0 Å². The van der Waals surface area contributed by atoms with Gasteiger partial charge < -0.3 is 35.6 Å². The first kappa shape index (κ1) is 35.6. The topological polar surface area (TPSA) is 163 Å². The minimum absolute atomic E-state index is 0.0678. The number of nitrogens with one attached hydrogen (secondary N) is 3. The van der Waals surface area contributed by atoms with E-state index in [1.165, 1.54) is 0 Å². The predicted molar refractivity (Wildman–Crippen MR) is 144 cm³/mol. The predicted octanol–water partition coefficient (Wildman–Crippen LogP) is 2.98. The summed E-state index contributed by atoms with van der Waals surface area (Å²) in [5, 5.41) is 27.6. The minimum Gasteiger partial charge on any atom is -0.481 e. The van der Waals surface area contributed by atoms with Crippen LogP contribution in [0.5, 0.6) is 0 Å². The van der Waals surface area contributed by atoms with E-state index >= 15 is 0 Å². The molecule has 0 bridgehead atoms. The number of alkyl carbamates (subject to hydrolysis) is 1. The highest BCUT2D eigenvalue weighted by molar-refractivity contribution is 5.92. The summed E-state index contributed by atoms with van der Waals surface area (Å²) in [4.78, 5) is 50.5. The SMILES string of the molecule is CC[C@H](C)[C@H](NC(=O)[C@@H](NC(=O)OC(C)(C)C)[C@@H](C)OC(C)(C)C)C(=O)N[C@@H](CC(C)C)[C@@H](O)CC(=O)O. The van der Waals surface area contributed by atoms with Gasteiger partial charge in [-0.1, -0.05) is 34.1 Å². The molecule has 0 unspecified atom stereocenters. The van der Waals surface area contributed by atoms with Crippen molar-refractivity contribution in [3.05, 3.63) is 0 Å². The summed E-state index contributed by atoms with van der Waals surface area (Å²) < 4.78 is 11.3. The van der Waals surface area contributed by atoms with Gasteiger partial charge in [0.15, 0.2) is 0 Å². The molecule has 11 nitrogen and oxygen atoms in total. The summed E-state index contributed by atoms with van der Waals surface area (Å²) in [6.45, 7) is 19.6. The Morgan fingerprint density at radius 2 is 1.34 bits per heavy atom. The van der Waals surface area contributed by atoms with Gasteiger partial charge in [-0.2, -0.15) is 0 Å². The molecular weight excluding hydrogens is 494 g/mol. The van der Waals surface area contributed by atoms with Crippen molar-refractivity contribution in [1.82, 2.24) is 16.0 Å². The molecule has 0 saturated carbocycles. The molecular formula is C27H51N3O8. The number of carboxylic acids is 1. The summed E-state index contributed by atoms with van der Waals surface area (Å²) in [6.07, 6.45) is -2.51. The molecule has 0 aliphatic carbocycles. The van der Waals surface area contributed by atoms with Crippen molar-refractivity contribution in [2.24, 2.45) is 11.8 Å². The second-order valence-electron chi connectivity index (χ2n) is 12.3. The van der Waals surface area contributed by atoms with Gasteiger partial charge >= 0.3 is 12.1 Å². The highest BCUT2D eigenvalue weighted by Gasteiger charge is 2.36. The fourth-order valence-corrected chi connectivity index (χ4v) is 3.82. The molecule has 0 saturated heterocycles. The molecule has 0 radical (unpaired) electrons. The summed E-state index contributed by atoms with van der Waals surface area (Å²) in [6, 6.07) is -3.00. The Morgan fingerprint density at radius 1 is 0.816 bits per heavy atom. The Hall–Kier alpha value is -2.40. The second kappa shape index (κ2) is 15.3. The number of aliphatic hydroxyl groups is 1. The Kier molecular flexibility index (Phi) is 14.3. The molecule has 0 spiro atoms. The lowest BCUT2D eigenvalue weighted by atomic mass is 9.94. The molecule has 0 aromatic rings. The lowest BCUT2D eigenvalue weighted by Crippen LogP contribution is -2.61. The van der Waals surface area contributed by atoms with Gasteiger partial charge in [0, 0.05) is 0 Å². The van der Waals surface area contributed by atoms with Crippen LogP contribution in [0.3, 0.4) is 0 Å². The summed E-state index contributed by atoms with van der Waals surface area (Å²) in [7, 11) is 0. The molecule has 222 valence electrons. The smallest absolute Gasteiger partial charge is 0.408 e. The van der Waals surface area contributed by atoms with Crippen LogP contribution in [0, 0.1) is 11.8 Å². The average molecular weight is 546 g/mol. The second-order valence-corrected chi connectivity index (χ2v) is 12.3. The highest BCUT2D eigenvalue weighted by Crippen LogP contribution is 2.17. The number of aliphatic carboxylic acids is 1. The van der Waals surface area contributed by atoms with Gasteiger partial charge in [-0.3, -0.25) is 14.4 Å². The number of carboxylic acid groups (broad SMARTS) is 1. The number of hydrogen-bond donors (Lipinski definition) is 5. The van der Waals surface area contributed by atoms with E-state index in [1.807, 2.05) is 41.5 Å². The maximum Gasteiger partial charge on any atom is 0.408 e. The molecule has 0 aromatic heterocycles. The van der Waals surface area contributed by atoms with Crippen LogP contribution in [-0.2, 0) is 23.9 Å². The van der Waals surface area contributed by atoms with Crippen molar-refractivity contribution >= 4 is 23.9 Å². The number of hydrogen-bond acceptors (Lipinski definition) is 7. The number of amides is 3. The molecule has 0 aliphatic heterocycles. The highest BCUT2D eigenvalue weighted by atomic mass is 16.6. The molecule has 3 amide bonds. The van der Waals surface area contributed by atoms with Crippen LogP contribution in [0.4, 0.5) is 4.79 Å². The van der Waals surface area contributed by atoms with Crippen LogP contribution in [0.1, 0.15) is 95.4 Å². The zero-order chi connectivity index (χ0) is 30.0. The fourth-order valence-electron chi connectivity index (χ4n) is 3.82. The Balaban J connectivity index is 5.98. The maximum atomic E-state index is 13.5. The van der Waals surface area contributed by atoms with E-state index in [9.17, 15) is 24.3 Å². The van der Waals surface area contributed by atoms with E-state index in [2.05, 4.69) is 16.0 Å². The monoisotopic (exact) mass is 545 g/mol. The molecule has 0 heterocycles. The van der Waals surface area contributed by atoms with Gasteiger partial charge in [-0.05, 0) is 66.7 Å². The Labute approximate surface area is 227 Å². The van der Waals surface area contributed by atoms with E-state index in [-0.39, 0.29) is 11.8 Å². The van der Waals surface area contributed by atoms with Crippen LogP contribution in [0.2, 0.25) is 0 Å². The molecule has 11 heteroatoms. The largest absolute Gasteiger partial charge is 0.481 e. The van der Waals surface area contributed by atoms with E-state index < -0.39 is 71.8 Å². The normalized spacial score (nSPS) is 17.0. The van der Waals surface area contributed by atoms with Crippen LogP contribution < -0.4 is 16.0 Å².